The minimum atomic E-state index is -1.61. The Hall–Kier alpha value is -2.13. The Bertz CT molecular complexity index is 824. The van der Waals surface area contributed by atoms with Crippen LogP contribution in [0.2, 0.25) is 0 Å². The highest BCUT2D eigenvalue weighted by Gasteiger charge is 2.93. The number of methoxy groups -OCH3 is 3. The minimum Gasteiger partial charge on any atom is -0.496 e. The van der Waals surface area contributed by atoms with Crippen LogP contribution >= 0.6 is 15.9 Å². The van der Waals surface area contributed by atoms with Crippen molar-refractivity contribution in [3.63, 3.8) is 0 Å². The molecule has 1 saturated carbocycles. The van der Waals surface area contributed by atoms with Crippen LogP contribution in [0, 0.1) is 33.5 Å². The largest absolute Gasteiger partial charge is 0.496 e. The van der Waals surface area contributed by atoms with Crippen LogP contribution in [0.1, 0.15) is 11.5 Å². The molecule has 24 heavy (non-hydrogen) atoms. The summed E-state index contributed by atoms with van der Waals surface area (Å²) in [5, 5.41) is 19.8. The van der Waals surface area contributed by atoms with E-state index < -0.39 is 22.7 Å². The van der Waals surface area contributed by atoms with Gasteiger partial charge < -0.3 is 19.9 Å². The molecule has 1 aromatic carbocycles. The zero-order valence-electron chi connectivity index (χ0n) is 13.3. The first kappa shape index (κ1) is 16.7. The van der Waals surface area contributed by atoms with Crippen molar-refractivity contribution < 1.29 is 14.2 Å². The molecule has 1 aromatic rings. The van der Waals surface area contributed by atoms with Crippen molar-refractivity contribution in [2.45, 2.75) is 11.8 Å². The second kappa shape index (κ2) is 5.18. The van der Waals surface area contributed by atoms with E-state index in [4.69, 9.17) is 19.9 Å². The average molecular weight is 391 g/mol. The van der Waals surface area contributed by atoms with E-state index in [1.165, 1.54) is 14.2 Å². The maximum Gasteiger partial charge on any atom is 0.292 e. The van der Waals surface area contributed by atoms with Gasteiger partial charge in [0.15, 0.2) is 5.41 Å². The molecule has 124 valence electrons. The van der Waals surface area contributed by atoms with Crippen LogP contribution < -0.4 is 10.5 Å². The van der Waals surface area contributed by atoms with E-state index in [-0.39, 0.29) is 5.84 Å². The lowest BCUT2D eigenvalue weighted by Gasteiger charge is -2.29. The second-order valence-corrected chi connectivity index (χ2v) is 6.51. The van der Waals surface area contributed by atoms with Gasteiger partial charge in [-0.15, -0.1) is 0 Å². The van der Waals surface area contributed by atoms with Gasteiger partial charge >= 0.3 is 0 Å². The van der Waals surface area contributed by atoms with Gasteiger partial charge in [0.1, 0.15) is 17.0 Å². The number of ether oxygens (including phenoxy) is 3. The van der Waals surface area contributed by atoms with E-state index >= 15 is 0 Å². The number of rotatable bonds is 4. The lowest BCUT2D eigenvalue weighted by atomic mass is 9.93. The van der Waals surface area contributed by atoms with Gasteiger partial charge in [-0.2, -0.15) is 10.5 Å². The van der Waals surface area contributed by atoms with Gasteiger partial charge in [-0.05, 0) is 33.6 Å². The number of fused-ring (bicyclic) bond motifs is 1. The first-order chi connectivity index (χ1) is 11.4. The van der Waals surface area contributed by atoms with Crippen molar-refractivity contribution >= 4 is 21.8 Å². The molecule has 2 aliphatic rings. The van der Waals surface area contributed by atoms with Gasteiger partial charge in [0.2, 0.25) is 0 Å². The summed E-state index contributed by atoms with van der Waals surface area (Å²) in [4.78, 5) is 4.17. The molecule has 3 atom stereocenters. The number of amidine groups is 1. The first-order valence-electron chi connectivity index (χ1n) is 7.06. The average Bonchev–Trinajstić information content (AvgIpc) is 3.17. The molecular formula is C16H15BrN4O3. The summed E-state index contributed by atoms with van der Waals surface area (Å²) >= 11 is 3.43. The molecule has 0 unspecified atom stereocenters. The normalized spacial score (nSPS) is 32.2. The van der Waals surface area contributed by atoms with Crippen molar-refractivity contribution in [1.29, 1.82) is 10.5 Å². The Morgan fingerprint density at radius 2 is 1.88 bits per heavy atom. The molecule has 0 saturated heterocycles. The summed E-state index contributed by atoms with van der Waals surface area (Å²) < 4.78 is 16.8. The summed E-state index contributed by atoms with van der Waals surface area (Å²) in [6.45, 7) is 0. The maximum absolute atomic E-state index is 9.95. The summed E-state index contributed by atoms with van der Waals surface area (Å²) in [5.74, 6) is -1.45. The third kappa shape index (κ3) is 1.54. The van der Waals surface area contributed by atoms with Crippen molar-refractivity contribution in [2.24, 2.45) is 21.6 Å². The Labute approximate surface area is 147 Å². The smallest absolute Gasteiger partial charge is 0.292 e. The van der Waals surface area contributed by atoms with Crippen molar-refractivity contribution in [3.05, 3.63) is 28.2 Å². The molecular weight excluding hydrogens is 376 g/mol. The van der Waals surface area contributed by atoms with Crippen LogP contribution in [0.5, 0.6) is 5.75 Å². The maximum atomic E-state index is 9.95. The van der Waals surface area contributed by atoms with Crippen LogP contribution in [-0.2, 0) is 9.47 Å². The number of aliphatic imine (C=N–C) groups is 1. The molecule has 8 heteroatoms. The number of halogens is 1. The number of nitrogens with zero attached hydrogens (tertiary/aromatic N) is 3. The molecule has 0 aromatic heterocycles. The van der Waals surface area contributed by atoms with Crippen LogP contribution in [0.3, 0.4) is 0 Å². The fraction of sp³-hybridized carbons (Fsp3) is 0.438. The molecule has 1 aliphatic carbocycles. The highest BCUT2D eigenvalue weighted by molar-refractivity contribution is 9.10. The van der Waals surface area contributed by atoms with Gasteiger partial charge in [-0.3, -0.25) is 0 Å². The summed E-state index contributed by atoms with van der Waals surface area (Å²) in [6, 6.07) is 9.77. The summed E-state index contributed by atoms with van der Waals surface area (Å²) in [5.41, 5.74) is 4.17. The van der Waals surface area contributed by atoms with Crippen molar-refractivity contribution in [3.8, 4) is 17.9 Å². The van der Waals surface area contributed by atoms with Gasteiger partial charge in [-0.25, -0.2) is 4.99 Å². The quantitative estimate of drug-likeness (QED) is 0.785. The van der Waals surface area contributed by atoms with Crippen LogP contribution in [0.4, 0.5) is 0 Å². The van der Waals surface area contributed by atoms with E-state index in [2.05, 4.69) is 33.1 Å². The lowest BCUT2D eigenvalue weighted by Crippen LogP contribution is -2.41. The number of hydrogen-bond donors (Lipinski definition) is 1. The topological polar surface area (TPSA) is 114 Å². The Kier molecular flexibility index (Phi) is 3.61. The molecule has 0 radical (unpaired) electrons. The number of nitriles is 2. The zero-order chi connectivity index (χ0) is 17.8. The van der Waals surface area contributed by atoms with Crippen LogP contribution in [-0.4, -0.2) is 33.1 Å². The van der Waals surface area contributed by atoms with Gasteiger partial charge in [0.05, 0.1) is 23.7 Å². The third-order valence-corrected chi connectivity index (χ3v) is 5.61. The number of benzene rings is 1. The molecule has 0 spiro atoms. The van der Waals surface area contributed by atoms with E-state index in [1.54, 1.807) is 19.2 Å². The van der Waals surface area contributed by atoms with E-state index in [1.807, 2.05) is 6.07 Å². The Morgan fingerprint density at radius 3 is 2.33 bits per heavy atom. The summed E-state index contributed by atoms with van der Waals surface area (Å²) in [7, 11) is 4.32. The number of nitrogens with two attached hydrogens (primary N) is 1. The first-order valence-corrected chi connectivity index (χ1v) is 7.86. The van der Waals surface area contributed by atoms with Crippen LogP contribution in [0.15, 0.2) is 27.7 Å². The third-order valence-electron chi connectivity index (χ3n) is 4.99. The molecule has 2 N–H and O–H groups in total. The highest BCUT2D eigenvalue weighted by Crippen LogP contribution is 2.81. The van der Waals surface area contributed by atoms with Crippen molar-refractivity contribution in [1.82, 2.24) is 0 Å². The molecule has 0 bridgehead atoms. The summed E-state index contributed by atoms with van der Waals surface area (Å²) in [6.07, 6.45) is 0. The van der Waals surface area contributed by atoms with E-state index in [0.717, 1.165) is 5.56 Å². The fourth-order valence-corrected chi connectivity index (χ4v) is 4.44. The van der Waals surface area contributed by atoms with Gasteiger partial charge in [-0.1, -0.05) is 6.07 Å². The number of hydrogen-bond acceptors (Lipinski definition) is 7. The molecule has 1 aliphatic heterocycles. The van der Waals surface area contributed by atoms with Crippen molar-refractivity contribution in [2.75, 3.05) is 21.3 Å². The molecule has 1 heterocycles. The molecule has 0 amide bonds. The molecule has 1 fully saturated rings. The SMILES string of the molecule is COc1ccc([C@H]2[C@]3(C#N)C(N)=NC(OC)(OC)[C@]23C#N)cc1Br. The van der Waals surface area contributed by atoms with Gasteiger partial charge in [0.25, 0.3) is 5.91 Å². The second-order valence-electron chi connectivity index (χ2n) is 5.65. The lowest BCUT2D eigenvalue weighted by molar-refractivity contribution is -0.230. The predicted molar refractivity (Wildman–Crippen MR) is 87.9 cm³/mol. The standard InChI is InChI=1S/C16H15BrN4O3/c1-22-11-5-4-9(6-10(11)17)12-14(7-18)13(20)21-16(23-2,24-3)15(12,14)8-19/h4-6,12H,1-3H3,(H2,20,21)/t12-,14+,15+/m0/s1. The molecule has 3 rings (SSSR count). The van der Waals surface area contributed by atoms with Gasteiger partial charge in [0, 0.05) is 20.1 Å². The Balaban J connectivity index is 2.22. The Morgan fingerprint density at radius 1 is 1.21 bits per heavy atom. The van der Waals surface area contributed by atoms with Crippen LogP contribution in [0.25, 0.3) is 0 Å². The van der Waals surface area contributed by atoms with E-state index in [9.17, 15) is 10.5 Å². The fourth-order valence-electron chi connectivity index (χ4n) is 3.88. The molecule has 7 nitrogen and oxygen atoms in total. The highest BCUT2D eigenvalue weighted by atomic mass is 79.9. The zero-order valence-corrected chi connectivity index (χ0v) is 14.9. The monoisotopic (exact) mass is 390 g/mol. The predicted octanol–water partition coefficient (Wildman–Crippen LogP) is 1.89. The minimum absolute atomic E-state index is 0.0483. The van der Waals surface area contributed by atoms with E-state index in [0.29, 0.717) is 10.2 Å².